The van der Waals surface area contributed by atoms with Gasteiger partial charge in [-0.05, 0) is 43.0 Å². The van der Waals surface area contributed by atoms with Gasteiger partial charge in [0.05, 0.1) is 6.04 Å². The zero-order chi connectivity index (χ0) is 14.5. The molecule has 3 heteroatoms. The lowest BCUT2D eigenvalue weighted by Crippen LogP contribution is -2.37. The van der Waals surface area contributed by atoms with Crippen LogP contribution in [0.25, 0.3) is 0 Å². The van der Waals surface area contributed by atoms with Crippen molar-refractivity contribution in [3.63, 3.8) is 0 Å². The monoisotopic (exact) mass is 268 g/mol. The van der Waals surface area contributed by atoms with Gasteiger partial charge in [0, 0.05) is 5.69 Å². The van der Waals surface area contributed by atoms with E-state index in [0.29, 0.717) is 6.42 Å². The summed E-state index contributed by atoms with van der Waals surface area (Å²) in [5.74, 6) is -0.150. The second-order valence-electron chi connectivity index (χ2n) is 5.03. The first-order valence-electron chi connectivity index (χ1n) is 6.74. The van der Waals surface area contributed by atoms with Crippen LogP contribution < -0.4 is 11.1 Å². The van der Waals surface area contributed by atoms with Crippen molar-refractivity contribution >= 4 is 11.6 Å². The average Bonchev–Trinajstić information content (AvgIpc) is 2.45. The number of amides is 1. The van der Waals surface area contributed by atoms with Crippen LogP contribution in [-0.2, 0) is 11.2 Å². The van der Waals surface area contributed by atoms with E-state index in [1.54, 1.807) is 0 Å². The molecule has 2 aromatic carbocycles. The number of aryl methyl sites for hydroxylation is 1. The van der Waals surface area contributed by atoms with Gasteiger partial charge >= 0.3 is 0 Å². The molecule has 0 aliphatic rings. The summed E-state index contributed by atoms with van der Waals surface area (Å²) in [5, 5.41) is 2.91. The van der Waals surface area contributed by atoms with Gasteiger partial charge in [0.1, 0.15) is 0 Å². The van der Waals surface area contributed by atoms with Gasteiger partial charge in [-0.1, -0.05) is 42.5 Å². The summed E-state index contributed by atoms with van der Waals surface area (Å²) in [6, 6.07) is 15.1. The minimum absolute atomic E-state index is 0.150. The number of nitrogens with one attached hydrogen (secondary N) is 1. The highest BCUT2D eigenvalue weighted by Crippen LogP contribution is 2.18. The lowest BCUT2D eigenvalue weighted by molar-refractivity contribution is -0.117. The lowest BCUT2D eigenvalue weighted by atomic mass is 10.0. The highest BCUT2D eigenvalue weighted by molar-refractivity contribution is 5.95. The standard InChI is InChI=1S/C17H20N2O/c1-12-7-6-10-16(13(12)2)19-17(20)15(18)11-14-8-4-3-5-9-14/h3-10,15H,11,18H2,1-2H3,(H,19,20)/t15-/m0/s1. The first kappa shape index (κ1) is 14.3. The summed E-state index contributed by atoms with van der Waals surface area (Å²) in [6.07, 6.45) is 0.539. The van der Waals surface area contributed by atoms with Crippen LogP contribution in [0.3, 0.4) is 0 Å². The number of hydrogen-bond donors (Lipinski definition) is 2. The molecule has 0 spiro atoms. The van der Waals surface area contributed by atoms with Crippen molar-refractivity contribution in [3.8, 4) is 0 Å². The molecular formula is C17H20N2O. The SMILES string of the molecule is Cc1cccc(NC(=O)[C@@H](N)Cc2ccccc2)c1C. The Morgan fingerprint density at radius 1 is 1.10 bits per heavy atom. The quantitative estimate of drug-likeness (QED) is 0.896. The Morgan fingerprint density at radius 2 is 1.80 bits per heavy atom. The third-order valence-corrected chi connectivity index (χ3v) is 3.50. The highest BCUT2D eigenvalue weighted by atomic mass is 16.2. The third-order valence-electron chi connectivity index (χ3n) is 3.50. The molecule has 2 aromatic rings. The molecule has 0 bridgehead atoms. The fraction of sp³-hybridized carbons (Fsp3) is 0.235. The maximum Gasteiger partial charge on any atom is 0.241 e. The van der Waals surface area contributed by atoms with Crippen LogP contribution in [0.4, 0.5) is 5.69 Å². The zero-order valence-corrected chi connectivity index (χ0v) is 11.9. The fourth-order valence-electron chi connectivity index (χ4n) is 2.07. The number of benzene rings is 2. The number of anilines is 1. The molecule has 0 fully saturated rings. The predicted molar refractivity (Wildman–Crippen MR) is 82.7 cm³/mol. The van der Waals surface area contributed by atoms with Gasteiger partial charge in [0.2, 0.25) is 5.91 Å². The summed E-state index contributed by atoms with van der Waals surface area (Å²) in [6.45, 7) is 4.02. The van der Waals surface area contributed by atoms with E-state index in [2.05, 4.69) is 5.32 Å². The average molecular weight is 268 g/mol. The van der Waals surface area contributed by atoms with Crippen LogP contribution in [0.5, 0.6) is 0 Å². The molecule has 104 valence electrons. The molecule has 0 aliphatic heterocycles. The van der Waals surface area contributed by atoms with E-state index in [4.69, 9.17) is 5.73 Å². The van der Waals surface area contributed by atoms with Crippen molar-refractivity contribution in [1.82, 2.24) is 0 Å². The first-order valence-corrected chi connectivity index (χ1v) is 6.74. The van der Waals surface area contributed by atoms with Crippen molar-refractivity contribution in [3.05, 3.63) is 65.2 Å². The van der Waals surface area contributed by atoms with E-state index in [-0.39, 0.29) is 5.91 Å². The van der Waals surface area contributed by atoms with Crippen molar-refractivity contribution < 1.29 is 4.79 Å². The van der Waals surface area contributed by atoms with Gasteiger partial charge in [0.25, 0.3) is 0 Å². The van der Waals surface area contributed by atoms with Gasteiger partial charge in [0.15, 0.2) is 0 Å². The molecule has 20 heavy (non-hydrogen) atoms. The Balaban J connectivity index is 2.03. The van der Waals surface area contributed by atoms with Gasteiger partial charge < -0.3 is 11.1 Å². The summed E-state index contributed by atoms with van der Waals surface area (Å²) < 4.78 is 0. The van der Waals surface area contributed by atoms with E-state index in [9.17, 15) is 4.79 Å². The summed E-state index contributed by atoms with van der Waals surface area (Å²) in [4.78, 5) is 12.1. The minimum atomic E-state index is -0.544. The van der Waals surface area contributed by atoms with Crippen molar-refractivity contribution in [1.29, 1.82) is 0 Å². The lowest BCUT2D eigenvalue weighted by Gasteiger charge is -2.14. The molecule has 0 aromatic heterocycles. The smallest absolute Gasteiger partial charge is 0.241 e. The van der Waals surface area contributed by atoms with Crippen LogP contribution in [0.1, 0.15) is 16.7 Å². The van der Waals surface area contributed by atoms with Crippen LogP contribution >= 0.6 is 0 Å². The molecule has 1 atom stereocenters. The van der Waals surface area contributed by atoms with E-state index < -0.39 is 6.04 Å². The largest absolute Gasteiger partial charge is 0.324 e. The molecule has 0 radical (unpaired) electrons. The highest BCUT2D eigenvalue weighted by Gasteiger charge is 2.15. The van der Waals surface area contributed by atoms with Gasteiger partial charge in [-0.3, -0.25) is 4.79 Å². The predicted octanol–water partition coefficient (Wildman–Crippen LogP) is 2.81. The second-order valence-corrected chi connectivity index (χ2v) is 5.03. The molecule has 0 heterocycles. The Kier molecular flexibility index (Phi) is 4.53. The van der Waals surface area contributed by atoms with Gasteiger partial charge in [-0.15, -0.1) is 0 Å². The maximum atomic E-state index is 12.1. The Morgan fingerprint density at radius 3 is 2.50 bits per heavy atom. The molecule has 1 amide bonds. The summed E-state index contributed by atoms with van der Waals surface area (Å²) in [5.41, 5.74) is 10.1. The molecule has 3 N–H and O–H groups in total. The van der Waals surface area contributed by atoms with Crippen molar-refractivity contribution in [2.75, 3.05) is 5.32 Å². The van der Waals surface area contributed by atoms with Gasteiger partial charge in [-0.2, -0.15) is 0 Å². The van der Waals surface area contributed by atoms with Crippen LogP contribution in [0, 0.1) is 13.8 Å². The molecule has 0 saturated carbocycles. The Hall–Kier alpha value is -2.13. The van der Waals surface area contributed by atoms with Crippen LogP contribution in [0.15, 0.2) is 48.5 Å². The number of carbonyl (C=O) groups excluding carboxylic acids is 1. The fourth-order valence-corrected chi connectivity index (χ4v) is 2.07. The maximum absolute atomic E-state index is 12.1. The van der Waals surface area contributed by atoms with E-state index >= 15 is 0 Å². The van der Waals surface area contributed by atoms with Crippen molar-refractivity contribution in [2.24, 2.45) is 5.73 Å². The number of hydrogen-bond acceptors (Lipinski definition) is 2. The topological polar surface area (TPSA) is 55.1 Å². The van der Waals surface area contributed by atoms with Crippen LogP contribution in [0.2, 0.25) is 0 Å². The van der Waals surface area contributed by atoms with Crippen LogP contribution in [-0.4, -0.2) is 11.9 Å². The van der Waals surface area contributed by atoms with E-state index in [1.165, 1.54) is 0 Å². The van der Waals surface area contributed by atoms with Crippen molar-refractivity contribution in [2.45, 2.75) is 26.3 Å². The molecule has 0 aliphatic carbocycles. The normalized spacial score (nSPS) is 11.9. The molecule has 0 saturated heterocycles. The number of nitrogens with two attached hydrogens (primary N) is 1. The number of rotatable bonds is 4. The minimum Gasteiger partial charge on any atom is -0.324 e. The number of carbonyl (C=O) groups is 1. The molecule has 0 unspecified atom stereocenters. The molecule has 3 nitrogen and oxygen atoms in total. The zero-order valence-electron chi connectivity index (χ0n) is 11.9. The first-order chi connectivity index (χ1) is 9.58. The molecular weight excluding hydrogens is 248 g/mol. The summed E-state index contributed by atoms with van der Waals surface area (Å²) >= 11 is 0. The Labute approximate surface area is 119 Å². The Bertz CT molecular complexity index is 593. The second kappa shape index (κ2) is 6.35. The van der Waals surface area contributed by atoms with Gasteiger partial charge in [-0.25, -0.2) is 0 Å². The summed E-state index contributed by atoms with van der Waals surface area (Å²) in [7, 11) is 0. The third kappa shape index (κ3) is 3.45. The van der Waals surface area contributed by atoms with E-state index in [0.717, 1.165) is 22.4 Å². The molecule has 2 rings (SSSR count). The van der Waals surface area contributed by atoms with E-state index in [1.807, 2.05) is 62.4 Å².